The van der Waals surface area contributed by atoms with E-state index in [0.29, 0.717) is 16.9 Å². The summed E-state index contributed by atoms with van der Waals surface area (Å²) >= 11 is 1.53. The van der Waals surface area contributed by atoms with Gasteiger partial charge in [0.15, 0.2) is 6.10 Å². The Morgan fingerprint density at radius 3 is 2.52 bits per heavy atom. The Balaban J connectivity index is 1.64. The largest absolute Gasteiger partial charge is 0.448 e. The van der Waals surface area contributed by atoms with Gasteiger partial charge in [0.25, 0.3) is 5.91 Å². The average Bonchev–Trinajstić information content (AvgIpc) is 3.27. The second-order valence-corrected chi connectivity index (χ2v) is 7.52. The van der Waals surface area contributed by atoms with Crippen LogP contribution in [0.15, 0.2) is 41.9 Å². The van der Waals surface area contributed by atoms with Crippen LogP contribution in [0, 0.1) is 6.92 Å². The van der Waals surface area contributed by atoms with Gasteiger partial charge in [-0.15, -0.1) is 11.3 Å². The summed E-state index contributed by atoms with van der Waals surface area (Å²) in [6.45, 7) is 3.40. The topological polar surface area (TPSA) is 116 Å². The Bertz CT molecular complexity index is 1070. The average molecular weight is 412 g/mol. The summed E-state index contributed by atoms with van der Waals surface area (Å²) in [5.74, 6) is -1.66. The summed E-state index contributed by atoms with van der Waals surface area (Å²) in [6.07, 6.45) is 0.772. The molecule has 3 N–H and O–H groups in total. The van der Waals surface area contributed by atoms with Crippen LogP contribution in [0.2, 0.25) is 0 Å². The van der Waals surface area contributed by atoms with E-state index in [-0.39, 0.29) is 0 Å². The maximum absolute atomic E-state index is 12.5. The molecular weight excluding hydrogens is 392 g/mol. The second kappa shape index (κ2) is 8.27. The van der Waals surface area contributed by atoms with Gasteiger partial charge < -0.3 is 20.4 Å². The predicted molar refractivity (Wildman–Crippen MR) is 110 cm³/mol. The van der Waals surface area contributed by atoms with Gasteiger partial charge in [0.05, 0.1) is 10.7 Å². The van der Waals surface area contributed by atoms with E-state index in [1.807, 2.05) is 12.3 Å². The molecule has 0 bridgehead atoms. The summed E-state index contributed by atoms with van der Waals surface area (Å²) < 4.78 is 6.94. The second-order valence-electron chi connectivity index (χ2n) is 6.46. The number of benzene rings is 1. The van der Waals surface area contributed by atoms with Gasteiger partial charge in [-0.2, -0.15) is 0 Å². The first-order valence-corrected chi connectivity index (χ1v) is 9.63. The molecule has 0 aliphatic heterocycles. The van der Waals surface area contributed by atoms with Crippen molar-refractivity contribution in [1.29, 1.82) is 0 Å². The number of aryl methyl sites for hydroxylation is 2. The summed E-state index contributed by atoms with van der Waals surface area (Å²) in [5, 5.41) is 5.48. The maximum Gasteiger partial charge on any atom is 0.355 e. The highest BCUT2D eigenvalue weighted by atomic mass is 32.1. The number of hydrogen-bond acceptors (Lipinski definition) is 6. The summed E-state index contributed by atoms with van der Waals surface area (Å²) in [5.41, 5.74) is 7.88. The number of carbonyl (C=O) groups is 3. The SMILES string of the molecule is Cc1nc(-c2cc(C(=O)O[C@@H](C)C(=O)Nc3ccc(C(N)=O)cc3)n(C)c2)cs1. The lowest BCUT2D eigenvalue weighted by molar-refractivity contribution is -0.123. The fourth-order valence-corrected chi connectivity index (χ4v) is 3.26. The molecule has 0 aliphatic carbocycles. The van der Waals surface area contributed by atoms with E-state index < -0.39 is 23.9 Å². The molecule has 0 radical (unpaired) electrons. The number of esters is 1. The lowest BCUT2D eigenvalue weighted by atomic mass is 10.2. The van der Waals surface area contributed by atoms with E-state index in [9.17, 15) is 14.4 Å². The van der Waals surface area contributed by atoms with E-state index >= 15 is 0 Å². The number of rotatable bonds is 6. The van der Waals surface area contributed by atoms with Crippen LogP contribution in [-0.4, -0.2) is 33.4 Å². The lowest BCUT2D eigenvalue weighted by Gasteiger charge is -2.14. The van der Waals surface area contributed by atoms with E-state index in [4.69, 9.17) is 10.5 Å². The van der Waals surface area contributed by atoms with Gasteiger partial charge in [0, 0.05) is 35.4 Å². The number of nitrogens with zero attached hydrogens (tertiary/aromatic N) is 2. The third-order valence-electron chi connectivity index (χ3n) is 4.22. The molecule has 2 aromatic heterocycles. The minimum Gasteiger partial charge on any atom is -0.448 e. The van der Waals surface area contributed by atoms with Gasteiger partial charge >= 0.3 is 5.97 Å². The predicted octanol–water partition coefficient (Wildman–Crippen LogP) is 2.74. The lowest BCUT2D eigenvalue weighted by Crippen LogP contribution is -2.30. The zero-order valence-electron chi connectivity index (χ0n) is 16.1. The molecule has 0 unspecified atom stereocenters. The van der Waals surface area contributed by atoms with Crippen LogP contribution in [-0.2, 0) is 16.6 Å². The molecule has 1 aromatic carbocycles. The first-order chi connectivity index (χ1) is 13.7. The molecule has 0 spiro atoms. The van der Waals surface area contributed by atoms with E-state index in [1.54, 1.807) is 36.0 Å². The highest BCUT2D eigenvalue weighted by molar-refractivity contribution is 7.09. The van der Waals surface area contributed by atoms with E-state index in [1.165, 1.54) is 30.4 Å². The minimum absolute atomic E-state index is 0.316. The number of thiazole rings is 1. The number of hydrogen-bond donors (Lipinski definition) is 2. The van der Waals surface area contributed by atoms with Gasteiger partial charge in [0.1, 0.15) is 5.69 Å². The molecule has 2 amide bonds. The van der Waals surface area contributed by atoms with Crippen LogP contribution < -0.4 is 11.1 Å². The van der Waals surface area contributed by atoms with Crippen molar-refractivity contribution in [3.8, 4) is 11.3 Å². The maximum atomic E-state index is 12.5. The molecule has 3 aromatic rings. The zero-order valence-corrected chi connectivity index (χ0v) is 16.9. The van der Waals surface area contributed by atoms with Crippen LogP contribution in [0.25, 0.3) is 11.3 Å². The molecule has 150 valence electrons. The number of nitrogens with one attached hydrogen (secondary N) is 1. The first-order valence-electron chi connectivity index (χ1n) is 8.75. The van der Waals surface area contributed by atoms with Crippen molar-refractivity contribution in [1.82, 2.24) is 9.55 Å². The Hall–Kier alpha value is -3.46. The van der Waals surface area contributed by atoms with Crippen molar-refractivity contribution in [3.63, 3.8) is 0 Å². The highest BCUT2D eigenvalue weighted by Gasteiger charge is 2.22. The van der Waals surface area contributed by atoms with Gasteiger partial charge in [0.2, 0.25) is 5.91 Å². The first kappa shape index (κ1) is 20.3. The zero-order chi connectivity index (χ0) is 21.1. The summed E-state index contributed by atoms with van der Waals surface area (Å²) in [7, 11) is 1.73. The van der Waals surface area contributed by atoms with Crippen molar-refractivity contribution >= 4 is 34.8 Å². The summed E-state index contributed by atoms with van der Waals surface area (Å²) in [6, 6.07) is 7.78. The number of anilines is 1. The minimum atomic E-state index is -1.02. The molecule has 8 nitrogen and oxygen atoms in total. The smallest absolute Gasteiger partial charge is 0.355 e. The number of amides is 2. The van der Waals surface area contributed by atoms with Gasteiger partial charge in [-0.25, -0.2) is 9.78 Å². The van der Waals surface area contributed by atoms with Crippen LogP contribution in [0.1, 0.15) is 32.8 Å². The molecule has 9 heteroatoms. The molecule has 1 atom stereocenters. The number of ether oxygens (including phenoxy) is 1. The fraction of sp³-hybridized carbons (Fsp3) is 0.200. The third-order valence-corrected chi connectivity index (χ3v) is 4.99. The number of nitrogens with two attached hydrogens (primary N) is 1. The number of primary amides is 1. The monoisotopic (exact) mass is 412 g/mol. The quantitative estimate of drug-likeness (QED) is 0.604. The summed E-state index contributed by atoms with van der Waals surface area (Å²) in [4.78, 5) is 40.3. The van der Waals surface area contributed by atoms with Crippen molar-refractivity contribution in [2.24, 2.45) is 12.8 Å². The molecule has 3 rings (SSSR count). The van der Waals surface area contributed by atoms with Crippen molar-refractivity contribution < 1.29 is 19.1 Å². The van der Waals surface area contributed by atoms with E-state index in [2.05, 4.69) is 10.3 Å². The van der Waals surface area contributed by atoms with Gasteiger partial charge in [-0.3, -0.25) is 9.59 Å². The van der Waals surface area contributed by atoms with Crippen LogP contribution >= 0.6 is 11.3 Å². The third kappa shape index (κ3) is 4.69. The van der Waals surface area contributed by atoms with Crippen molar-refractivity contribution in [2.45, 2.75) is 20.0 Å². The number of aromatic nitrogens is 2. The molecule has 0 saturated heterocycles. The molecule has 0 fully saturated rings. The van der Waals surface area contributed by atoms with Gasteiger partial charge in [-0.05, 0) is 44.2 Å². The molecule has 0 saturated carbocycles. The van der Waals surface area contributed by atoms with E-state index in [0.717, 1.165) is 16.3 Å². The molecule has 2 heterocycles. The highest BCUT2D eigenvalue weighted by Crippen LogP contribution is 2.24. The Morgan fingerprint density at radius 2 is 1.93 bits per heavy atom. The number of carbonyl (C=O) groups excluding carboxylic acids is 3. The molecular formula is C20H20N4O4S. The molecule has 0 aliphatic rings. The Kier molecular flexibility index (Phi) is 5.79. The van der Waals surface area contributed by atoms with Gasteiger partial charge in [-0.1, -0.05) is 0 Å². The Morgan fingerprint density at radius 1 is 1.24 bits per heavy atom. The molecule has 29 heavy (non-hydrogen) atoms. The van der Waals surface area contributed by atoms with Crippen LogP contribution in [0.3, 0.4) is 0 Å². The Labute approximate surface area is 171 Å². The standard InChI is InChI=1S/C20H20N4O4S/c1-11(19(26)23-15-6-4-13(5-7-15)18(21)25)28-20(27)17-8-14(9-24(17)3)16-10-29-12(2)22-16/h4-11H,1-3H3,(H2,21,25)(H,23,26)/t11-/m0/s1. The van der Waals surface area contributed by atoms with Crippen molar-refractivity contribution in [2.75, 3.05) is 5.32 Å². The van der Waals surface area contributed by atoms with Crippen LogP contribution in [0.4, 0.5) is 5.69 Å². The fourth-order valence-electron chi connectivity index (χ4n) is 2.64. The van der Waals surface area contributed by atoms with Crippen LogP contribution in [0.5, 0.6) is 0 Å². The normalized spacial score (nSPS) is 11.7. The van der Waals surface area contributed by atoms with Crippen molar-refractivity contribution in [3.05, 3.63) is 58.2 Å².